The fraction of sp³-hybridized carbons (Fsp3) is 0.773. The highest BCUT2D eigenvalue weighted by Gasteiger charge is 2.51. The molecule has 1 fully saturated rings. The van der Waals surface area contributed by atoms with Gasteiger partial charge in [-0.1, -0.05) is 41.5 Å². The molecule has 0 aliphatic carbocycles. The Morgan fingerprint density at radius 2 is 1.64 bits per heavy atom. The molecule has 4 atom stereocenters. The zero-order valence-corrected chi connectivity index (χ0v) is 23.7. The molecule has 9 nitrogen and oxygen atoms in total. The van der Waals surface area contributed by atoms with Crippen LogP contribution in [0.25, 0.3) is 11.2 Å². The maximum Gasteiger partial charge on any atom is 0.192 e. The van der Waals surface area contributed by atoms with Gasteiger partial charge in [0.05, 0.1) is 12.9 Å². The van der Waals surface area contributed by atoms with E-state index in [1.165, 1.54) is 6.33 Å². The predicted molar refractivity (Wildman–Crippen MR) is 135 cm³/mol. The fourth-order valence-electron chi connectivity index (χ4n) is 3.29. The molecule has 186 valence electrons. The van der Waals surface area contributed by atoms with E-state index >= 15 is 0 Å². The van der Waals surface area contributed by atoms with Crippen molar-refractivity contribution in [3.05, 3.63) is 12.7 Å². The Hall–Kier alpha value is -1.38. The summed E-state index contributed by atoms with van der Waals surface area (Å²) in [7, 11) is -4.25. The van der Waals surface area contributed by atoms with E-state index in [2.05, 4.69) is 82.7 Å². The number of fused-ring (bicyclic) bond motifs is 1. The number of ether oxygens (including phenoxy) is 1. The molecule has 1 aliphatic heterocycles. The first-order valence-electron chi connectivity index (χ1n) is 11.5. The van der Waals surface area contributed by atoms with E-state index in [1.807, 2.05) is 0 Å². The highest BCUT2D eigenvalue weighted by Crippen LogP contribution is 2.43. The summed E-state index contributed by atoms with van der Waals surface area (Å²) in [6.45, 7) is 22.1. The van der Waals surface area contributed by atoms with Gasteiger partial charge in [-0.05, 0) is 36.3 Å². The molecule has 33 heavy (non-hydrogen) atoms. The molecule has 0 aromatic carbocycles. The number of aromatic nitrogens is 4. The van der Waals surface area contributed by atoms with E-state index in [0.29, 0.717) is 23.6 Å². The highest BCUT2D eigenvalue weighted by atomic mass is 28.4. The number of nitrogen functional groups attached to an aromatic ring is 1. The van der Waals surface area contributed by atoms with Crippen LogP contribution in [-0.4, -0.2) is 66.2 Å². The third kappa shape index (κ3) is 5.03. The number of nitrogens with two attached hydrogens (primary N) is 1. The molecule has 1 aliphatic rings. The second kappa shape index (κ2) is 8.69. The number of hydrogen-bond donors (Lipinski definition) is 2. The topological polar surface area (TPSA) is 118 Å². The molecule has 0 bridgehead atoms. The smallest absolute Gasteiger partial charge is 0.192 e. The minimum absolute atomic E-state index is 0.0312. The summed E-state index contributed by atoms with van der Waals surface area (Å²) < 4.78 is 21.3. The van der Waals surface area contributed by atoms with Crippen molar-refractivity contribution in [3.8, 4) is 0 Å². The Labute approximate surface area is 199 Å². The quantitative estimate of drug-likeness (QED) is 0.576. The lowest BCUT2D eigenvalue weighted by atomic mass is 10.1. The van der Waals surface area contributed by atoms with Gasteiger partial charge in [-0.25, -0.2) is 15.0 Å². The van der Waals surface area contributed by atoms with Crippen LogP contribution in [-0.2, 0) is 13.6 Å². The van der Waals surface area contributed by atoms with Crippen LogP contribution in [0.2, 0.25) is 36.3 Å². The lowest BCUT2D eigenvalue weighted by Gasteiger charge is -2.40. The van der Waals surface area contributed by atoms with Crippen LogP contribution in [0.15, 0.2) is 12.7 Å². The fourth-order valence-corrected chi connectivity index (χ4v) is 5.59. The summed E-state index contributed by atoms with van der Waals surface area (Å²) in [4.78, 5) is 12.8. The van der Waals surface area contributed by atoms with Crippen molar-refractivity contribution in [3.63, 3.8) is 0 Å². The maximum atomic E-state index is 11.4. The largest absolute Gasteiger partial charge is 0.414 e. The molecule has 2 aromatic heterocycles. The molecule has 1 saturated heterocycles. The lowest BCUT2D eigenvalue weighted by Crippen LogP contribution is -2.49. The molecule has 3 N–H and O–H groups in total. The molecule has 0 radical (unpaired) electrons. The highest BCUT2D eigenvalue weighted by molar-refractivity contribution is 6.74. The molecular formula is C22H41N5O4Si2. The van der Waals surface area contributed by atoms with Crippen molar-refractivity contribution < 1.29 is 18.7 Å². The van der Waals surface area contributed by atoms with Gasteiger partial charge in [0.2, 0.25) is 0 Å². The van der Waals surface area contributed by atoms with Gasteiger partial charge in [-0.2, -0.15) is 0 Å². The summed E-state index contributed by atoms with van der Waals surface area (Å²) in [5.74, 6) is 0.303. The summed E-state index contributed by atoms with van der Waals surface area (Å²) in [5.41, 5.74) is 7.05. The van der Waals surface area contributed by atoms with E-state index in [9.17, 15) is 5.11 Å². The van der Waals surface area contributed by atoms with Gasteiger partial charge >= 0.3 is 0 Å². The molecule has 0 saturated carbocycles. The Morgan fingerprint density at radius 3 is 2.21 bits per heavy atom. The standard InChI is InChI=1S/C22H41N5O4Si2/c1-21(2,3)32(7,8)29-11-14-16(28)17(31-33(9,10)22(4,5)6)20(30-14)27-13-26-15-18(23)24-12-25-19(15)27/h12-14,16-17,20,28H,11H2,1-10H3,(H2,23,24,25). The van der Waals surface area contributed by atoms with E-state index in [-0.39, 0.29) is 10.1 Å². The van der Waals surface area contributed by atoms with Crippen molar-refractivity contribution >= 4 is 33.6 Å². The molecule has 0 amide bonds. The van der Waals surface area contributed by atoms with Crippen LogP contribution < -0.4 is 5.73 Å². The Balaban J connectivity index is 1.95. The number of imidazole rings is 1. The number of aliphatic hydroxyl groups is 1. The van der Waals surface area contributed by atoms with E-state index in [4.69, 9.17) is 19.3 Å². The minimum Gasteiger partial charge on any atom is -0.414 e. The number of rotatable bonds is 6. The van der Waals surface area contributed by atoms with Crippen LogP contribution in [0.4, 0.5) is 5.82 Å². The van der Waals surface area contributed by atoms with E-state index < -0.39 is 41.2 Å². The predicted octanol–water partition coefficient (Wildman–Crippen LogP) is 4.08. The zero-order chi connectivity index (χ0) is 25.0. The summed E-state index contributed by atoms with van der Waals surface area (Å²) in [5, 5.41) is 11.4. The third-order valence-electron chi connectivity index (χ3n) is 7.63. The second-order valence-electron chi connectivity index (χ2n) is 12.1. The average Bonchev–Trinajstić information content (AvgIpc) is 3.21. The van der Waals surface area contributed by atoms with Gasteiger partial charge in [0.25, 0.3) is 0 Å². The van der Waals surface area contributed by atoms with Crippen LogP contribution in [0, 0.1) is 0 Å². The molecule has 3 heterocycles. The Bertz CT molecular complexity index is 983. The van der Waals surface area contributed by atoms with Crippen molar-refractivity contribution in [1.29, 1.82) is 0 Å². The van der Waals surface area contributed by atoms with Crippen molar-refractivity contribution in [2.75, 3.05) is 12.3 Å². The average molecular weight is 496 g/mol. The molecule has 2 aromatic rings. The van der Waals surface area contributed by atoms with Gasteiger partial charge in [0.15, 0.2) is 34.3 Å². The first-order valence-corrected chi connectivity index (χ1v) is 17.4. The SMILES string of the molecule is CC(C)(C)[Si](C)(C)OCC1OC(n2cnc3c(N)ncnc32)C(O[Si](C)(C)C(C)(C)C)C1O. The molecule has 11 heteroatoms. The minimum atomic E-state index is -2.23. The van der Waals surface area contributed by atoms with Crippen LogP contribution in [0.3, 0.4) is 0 Å². The number of nitrogens with zero attached hydrogens (tertiary/aromatic N) is 4. The van der Waals surface area contributed by atoms with Gasteiger partial charge in [0, 0.05) is 0 Å². The molecule has 0 spiro atoms. The molecule has 3 rings (SSSR count). The number of anilines is 1. The molecule has 4 unspecified atom stereocenters. The molecular weight excluding hydrogens is 454 g/mol. The van der Waals surface area contributed by atoms with Crippen LogP contribution in [0.5, 0.6) is 0 Å². The summed E-state index contributed by atoms with van der Waals surface area (Å²) >= 11 is 0. The third-order valence-corrected chi connectivity index (χ3v) is 16.6. The monoisotopic (exact) mass is 495 g/mol. The van der Waals surface area contributed by atoms with Gasteiger partial charge < -0.3 is 24.4 Å². The second-order valence-corrected chi connectivity index (χ2v) is 21.6. The van der Waals surface area contributed by atoms with Gasteiger partial charge in [-0.3, -0.25) is 4.57 Å². The van der Waals surface area contributed by atoms with Gasteiger partial charge in [0.1, 0.15) is 30.2 Å². The summed E-state index contributed by atoms with van der Waals surface area (Å²) in [6.07, 6.45) is 0.449. The van der Waals surface area contributed by atoms with Crippen LogP contribution >= 0.6 is 0 Å². The van der Waals surface area contributed by atoms with Crippen LogP contribution in [0.1, 0.15) is 47.8 Å². The summed E-state index contributed by atoms with van der Waals surface area (Å²) in [6, 6.07) is 0. The number of hydrogen-bond acceptors (Lipinski definition) is 8. The first-order chi connectivity index (χ1) is 15.0. The van der Waals surface area contributed by atoms with Gasteiger partial charge in [-0.15, -0.1) is 0 Å². The number of aliphatic hydroxyl groups excluding tert-OH is 1. The van der Waals surface area contributed by atoms with Crippen molar-refractivity contribution in [2.45, 2.75) is 102 Å². The Kier molecular flexibility index (Phi) is 6.90. The van der Waals surface area contributed by atoms with Crippen molar-refractivity contribution in [2.24, 2.45) is 0 Å². The van der Waals surface area contributed by atoms with Crippen molar-refractivity contribution in [1.82, 2.24) is 19.5 Å². The Morgan fingerprint density at radius 1 is 1.03 bits per heavy atom. The zero-order valence-electron chi connectivity index (χ0n) is 21.7. The lowest BCUT2D eigenvalue weighted by molar-refractivity contribution is -0.0476. The maximum absolute atomic E-state index is 11.4. The normalized spacial score (nSPS) is 25.2. The first kappa shape index (κ1) is 26.2. The van der Waals surface area contributed by atoms with E-state index in [0.717, 1.165) is 0 Å². The van der Waals surface area contributed by atoms with E-state index in [1.54, 1.807) is 10.9 Å².